The van der Waals surface area contributed by atoms with Gasteiger partial charge in [0, 0.05) is 6.07 Å². The summed E-state index contributed by atoms with van der Waals surface area (Å²) < 4.78 is 35.6. The Balaban J connectivity index is 2.20. The molecule has 84 valence electrons. The molecule has 3 nitrogen and oxygen atoms in total. The van der Waals surface area contributed by atoms with Gasteiger partial charge < -0.3 is 9.15 Å². The molecule has 6 heteroatoms. The predicted molar refractivity (Wildman–Crippen MR) is 52.5 cm³/mol. The number of ether oxygens (including phenoxy) is 1. The van der Waals surface area contributed by atoms with Crippen LogP contribution >= 0.6 is 11.6 Å². The Morgan fingerprint density at radius 2 is 2.19 bits per heavy atom. The second-order valence-electron chi connectivity index (χ2n) is 2.92. The van der Waals surface area contributed by atoms with Gasteiger partial charge in [0.15, 0.2) is 11.6 Å². The summed E-state index contributed by atoms with van der Waals surface area (Å²) in [5.74, 6) is -1.51. The molecule has 0 N–H and O–H groups in total. The van der Waals surface area contributed by atoms with E-state index >= 15 is 0 Å². The molecule has 0 aliphatic heterocycles. The van der Waals surface area contributed by atoms with Crippen LogP contribution in [0.1, 0.15) is 5.69 Å². The van der Waals surface area contributed by atoms with E-state index in [4.69, 9.17) is 20.8 Å². The molecule has 0 bridgehead atoms. The van der Waals surface area contributed by atoms with Crippen LogP contribution in [0, 0.1) is 11.6 Å². The first kappa shape index (κ1) is 10.9. The normalized spacial score (nSPS) is 10.4. The summed E-state index contributed by atoms with van der Waals surface area (Å²) in [7, 11) is 0. The van der Waals surface area contributed by atoms with Gasteiger partial charge in [0.2, 0.25) is 0 Å². The highest BCUT2D eigenvalue weighted by atomic mass is 35.5. The van der Waals surface area contributed by atoms with Crippen molar-refractivity contribution in [2.45, 2.75) is 5.88 Å². The highest BCUT2D eigenvalue weighted by Crippen LogP contribution is 2.24. The molecule has 16 heavy (non-hydrogen) atoms. The number of benzene rings is 1. The van der Waals surface area contributed by atoms with E-state index in [0.29, 0.717) is 11.8 Å². The van der Waals surface area contributed by atoms with Crippen LogP contribution in [0.4, 0.5) is 8.78 Å². The van der Waals surface area contributed by atoms with Gasteiger partial charge in [-0.2, -0.15) is 4.98 Å². The number of rotatable bonds is 3. The molecule has 1 aromatic carbocycles. The first-order chi connectivity index (χ1) is 7.69. The Hall–Kier alpha value is -1.62. The number of hydrogen-bond donors (Lipinski definition) is 0. The zero-order valence-corrected chi connectivity index (χ0v) is 8.67. The molecule has 0 saturated heterocycles. The van der Waals surface area contributed by atoms with Crippen LogP contribution in [0.2, 0.25) is 0 Å². The SMILES string of the molecule is Fc1ccc(Oc2nc(CCl)co2)c(F)c1. The molecular weight excluding hydrogens is 240 g/mol. The number of alkyl halides is 1. The molecule has 0 fully saturated rings. The summed E-state index contributed by atoms with van der Waals surface area (Å²) in [5, 5.41) is 0. The van der Waals surface area contributed by atoms with Crippen molar-refractivity contribution < 1.29 is 17.9 Å². The van der Waals surface area contributed by atoms with Crippen molar-refractivity contribution in [3.63, 3.8) is 0 Å². The minimum Gasteiger partial charge on any atom is -0.417 e. The zero-order valence-electron chi connectivity index (χ0n) is 7.91. The second kappa shape index (κ2) is 4.49. The van der Waals surface area contributed by atoms with Gasteiger partial charge in [-0.15, -0.1) is 11.6 Å². The standard InChI is InChI=1S/C10H6ClF2NO2/c11-4-7-5-15-10(14-7)16-9-2-1-6(12)3-8(9)13/h1-3,5H,4H2. The fraction of sp³-hybridized carbons (Fsp3) is 0.100. The first-order valence-electron chi connectivity index (χ1n) is 4.32. The first-order valence-corrected chi connectivity index (χ1v) is 4.86. The highest BCUT2D eigenvalue weighted by molar-refractivity contribution is 6.16. The third kappa shape index (κ3) is 2.30. The van der Waals surface area contributed by atoms with Gasteiger partial charge in [0.25, 0.3) is 0 Å². The van der Waals surface area contributed by atoms with Crippen molar-refractivity contribution in [1.29, 1.82) is 0 Å². The molecule has 1 aromatic heterocycles. The van der Waals surface area contributed by atoms with Gasteiger partial charge >= 0.3 is 6.08 Å². The van der Waals surface area contributed by atoms with E-state index in [9.17, 15) is 8.78 Å². The molecule has 0 amide bonds. The van der Waals surface area contributed by atoms with E-state index in [2.05, 4.69) is 4.98 Å². The number of oxazole rings is 1. The largest absolute Gasteiger partial charge is 0.417 e. The summed E-state index contributed by atoms with van der Waals surface area (Å²) in [6, 6.07) is 2.93. The van der Waals surface area contributed by atoms with Crippen molar-refractivity contribution in [2.75, 3.05) is 0 Å². The molecule has 0 atom stereocenters. The Bertz CT molecular complexity index is 501. The third-order valence-electron chi connectivity index (χ3n) is 1.76. The second-order valence-corrected chi connectivity index (χ2v) is 3.18. The Morgan fingerprint density at radius 3 is 2.81 bits per heavy atom. The average Bonchev–Trinajstić information content (AvgIpc) is 2.70. The van der Waals surface area contributed by atoms with Crippen LogP contribution < -0.4 is 4.74 Å². The van der Waals surface area contributed by atoms with E-state index in [0.717, 1.165) is 12.1 Å². The molecule has 0 aliphatic rings. The summed E-state index contributed by atoms with van der Waals surface area (Å²) >= 11 is 5.49. The molecule has 0 aliphatic carbocycles. The molecule has 0 spiro atoms. The summed E-state index contributed by atoms with van der Waals surface area (Å²) in [6.07, 6.45) is 1.16. The fourth-order valence-corrected chi connectivity index (χ4v) is 1.17. The van der Waals surface area contributed by atoms with E-state index in [-0.39, 0.29) is 17.7 Å². The smallest absolute Gasteiger partial charge is 0.399 e. The molecule has 2 aromatic rings. The fourth-order valence-electron chi connectivity index (χ4n) is 1.05. The van der Waals surface area contributed by atoms with Crippen molar-refractivity contribution >= 4 is 11.6 Å². The number of halogens is 3. The van der Waals surface area contributed by atoms with E-state index < -0.39 is 11.6 Å². The van der Waals surface area contributed by atoms with E-state index in [1.165, 1.54) is 6.26 Å². The maximum Gasteiger partial charge on any atom is 0.399 e. The lowest BCUT2D eigenvalue weighted by molar-refractivity contribution is 0.317. The molecule has 0 radical (unpaired) electrons. The van der Waals surface area contributed by atoms with E-state index in [1.807, 2.05) is 0 Å². The monoisotopic (exact) mass is 245 g/mol. The average molecular weight is 246 g/mol. The van der Waals surface area contributed by atoms with Crippen molar-refractivity contribution in [2.24, 2.45) is 0 Å². The van der Waals surface area contributed by atoms with Gasteiger partial charge in [-0.1, -0.05) is 0 Å². The van der Waals surface area contributed by atoms with E-state index in [1.54, 1.807) is 0 Å². The van der Waals surface area contributed by atoms with Crippen molar-refractivity contribution in [1.82, 2.24) is 4.98 Å². The van der Waals surface area contributed by atoms with Gasteiger partial charge in [-0.3, -0.25) is 0 Å². The molecule has 2 rings (SSSR count). The Labute approximate surface area is 94.6 Å². The van der Waals surface area contributed by atoms with Crippen LogP contribution in [0.3, 0.4) is 0 Å². The Morgan fingerprint density at radius 1 is 1.38 bits per heavy atom. The Kier molecular flexibility index (Phi) is 3.05. The van der Waals surface area contributed by atoms with Crippen LogP contribution in [0.25, 0.3) is 0 Å². The van der Waals surface area contributed by atoms with Gasteiger partial charge in [-0.25, -0.2) is 8.78 Å². The van der Waals surface area contributed by atoms with Crippen molar-refractivity contribution in [3.05, 3.63) is 41.8 Å². The zero-order chi connectivity index (χ0) is 11.5. The maximum absolute atomic E-state index is 13.2. The molecule has 1 heterocycles. The topological polar surface area (TPSA) is 35.3 Å². The van der Waals surface area contributed by atoms with Crippen molar-refractivity contribution in [3.8, 4) is 11.8 Å². The lowest BCUT2D eigenvalue weighted by Gasteiger charge is -2.01. The van der Waals surface area contributed by atoms with Crippen LogP contribution in [-0.4, -0.2) is 4.98 Å². The van der Waals surface area contributed by atoms with Gasteiger partial charge in [0.1, 0.15) is 12.1 Å². The third-order valence-corrected chi connectivity index (χ3v) is 2.03. The number of aromatic nitrogens is 1. The lowest BCUT2D eigenvalue weighted by Crippen LogP contribution is -1.89. The van der Waals surface area contributed by atoms with Crippen LogP contribution in [0.5, 0.6) is 11.8 Å². The number of hydrogen-bond acceptors (Lipinski definition) is 3. The molecular formula is C10H6ClF2NO2. The summed E-state index contributed by atoms with van der Waals surface area (Å²) in [6.45, 7) is 0. The predicted octanol–water partition coefficient (Wildman–Crippen LogP) is 3.48. The number of nitrogens with zero attached hydrogens (tertiary/aromatic N) is 1. The quantitative estimate of drug-likeness (QED) is 0.777. The minimum absolute atomic E-state index is 0.138. The lowest BCUT2D eigenvalue weighted by atomic mass is 10.3. The highest BCUT2D eigenvalue weighted by Gasteiger charge is 2.10. The van der Waals surface area contributed by atoms with Gasteiger partial charge in [-0.05, 0) is 12.1 Å². The summed E-state index contributed by atoms with van der Waals surface area (Å²) in [5.41, 5.74) is 0.471. The van der Waals surface area contributed by atoms with Crippen LogP contribution in [-0.2, 0) is 5.88 Å². The van der Waals surface area contributed by atoms with Gasteiger partial charge in [0.05, 0.1) is 11.6 Å². The van der Waals surface area contributed by atoms with Crippen LogP contribution in [0.15, 0.2) is 28.9 Å². The summed E-state index contributed by atoms with van der Waals surface area (Å²) in [4.78, 5) is 3.81. The maximum atomic E-state index is 13.2. The molecule has 0 unspecified atom stereocenters. The minimum atomic E-state index is -0.828. The molecule has 0 saturated carbocycles.